The minimum absolute atomic E-state index is 0.110. The molecule has 2 aromatic rings. The number of nitrogens with zero attached hydrogens (tertiary/aromatic N) is 1. The summed E-state index contributed by atoms with van der Waals surface area (Å²) in [7, 11) is 0. The van der Waals surface area contributed by atoms with Gasteiger partial charge in [0, 0.05) is 12.1 Å². The minimum Gasteiger partial charge on any atom is -0.292 e. The molecule has 1 unspecified atom stereocenters. The van der Waals surface area contributed by atoms with Crippen LogP contribution >= 0.6 is 0 Å². The van der Waals surface area contributed by atoms with Crippen molar-refractivity contribution in [2.75, 3.05) is 6.54 Å². The first-order valence-electron chi connectivity index (χ1n) is 6.05. The molecule has 1 radical (unpaired) electrons. The monoisotopic (exact) mass is 224 g/mol. The second-order valence-electron chi connectivity index (χ2n) is 4.46. The molecule has 2 heteroatoms. The molecule has 1 saturated heterocycles. The summed E-state index contributed by atoms with van der Waals surface area (Å²) in [6, 6.07) is 13.8. The summed E-state index contributed by atoms with van der Waals surface area (Å²) in [5.41, 5.74) is 0.818. The van der Waals surface area contributed by atoms with Gasteiger partial charge in [-0.2, -0.15) is 0 Å². The highest BCUT2D eigenvalue weighted by Gasteiger charge is 2.25. The van der Waals surface area contributed by atoms with Crippen LogP contribution in [-0.4, -0.2) is 18.4 Å². The average Bonchev–Trinajstić information content (AvgIpc) is 2.91. The van der Waals surface area contributed by atoms with Crippen LogP contribution in [0.15, 0.2) is 42.5 Å². The van der Waals surface area contributed by atoms with E-state index in [9.17, 15) is 4.79 Å². The third-order valence-corrected chi connectivity index (χ3v) is 3.34. The highest BCUT2D eigenvalue weighted by atomic mass is 16.1. The molecular weight excluding hydrogens is 210 g/mol. The first-order chi connectivity index (χ1) is 8.36. The van der Waals surface area contributed by atoms with Crippen LogP contribution in [0.25, 0.3) is 10.8 Å². The smallest absolute Gasteiger partial charge is 0.181 e. The molecule has 3 rings (SSSR count). The maximum Gasteiger partial charge on any atom is 0.181 e. The average molecular weight is 224 g/mol. The Kier molecular flexibility index (Phi) is 2.65. The van der Waals surface area contributed by atoms with Gasteiger partial charge in [0.1, 0.15) is 0 Å². The maximum absolute atomic E-state index is 12.4. The maximum atomic E-state index is 12.4. The van der Waals surface area contributed by atoms with E-state index >= 15 is 0 Å². The Hall–Kier alpha value is -1.67. The van der Waals surface area contributed by atoms with Gasteiger partial charge in [0.25, 0.3) is 0 Å². The quantitative estimate of drug-likeness (QED) is 0.722. The highest BCUT2D eigenvalue weighted by molar-refractivity contribution is 6.10. The van der Waals surface area contributed by atoms with Crippen molar-refractivity contribution >= 4 is 16.6 Å². The first-order valence-corrected chi connectivity index (χ1v) is 6.05. The van der Waals surface area contributed by atoms with Gasteiger partial charge >= 0.3 is 0 Å². The third kappa shape index (κ3) is 1.85. The lowest BCUT2D eigenvalue weighted by Gasteiger charge is -2.10. The lowest BCUT2D eigenvalue weighted by molar-refractivity contribution is 0.0952. The van der Waals surface area contributed by atoms with Crippen LogP contribution in [0.1, 0.15) is 23.2 Å². The Morgan fingerprint density at radius 2 is 1.94 bits per heavy atom. The van der Waals surface area contributed by atoms with E-state index in [0.29, 0.717) is 0 Å². The van der Waals surface area contributed by atoms with Crippen LogP contribution in [-0.2, 0) is 0 Å². The summed E-state index contributed by atoms with van der Waals surface area (Å²) in [5.74, 6) is 0.180. The van der Waals surface area contributed by atoms with Crippen molar-refractivity contribution in [1.29, 1.82) is 0 Å². The van der Waals surface area contributed by atoms with Crippen molar-refractivity contribution in [3.05, 3.63) is 48.0 Å². The predicted molar refractivity (Wildman–Crippen MR) is 68.3 cm³/mol. The molecule has 85 valence electrons. The van der Waals surface area contributed by atoms with Crippen molar-refractivity contribution in [1.82, 2.24) is 5.32 Å². The summed E-state index contributed by atoms with van der Waals surface area (Å²) >= 11 is 0. The van der Waals surface area contributed by atoms with Crippen molar-refractivity contribution in [2.24, 2.45) is 0 Å². The molecule has 0 amide bonds. The van der Waals surface area contributed by atoms with Crippen molar-refractivity contribution in [3.8, 4) is 0 Å². The normalized spacial score (nSPS) is 19.6. The summed E-state index contributed by atoms with van der Waals surface area (Å²) in [5, 5.41) is 6.53. The molecule has 1 aliphatic heterocycles. The zero-order valence-corrected chi connectivity index (χ0v) is 9.60. The van der Waals surface area contributed by atoms with Crippen LogP contribution in [0, 0.1) is 0 Å². The van der Waals surface area contributed by atoms with Crippen molar-refractivity contribution in [3.63, 3.8) is 0 Å². The molecule has 1 atom stereocenters. The summed E-state index contributed by atoms with van der Waals surface area (Å²) in [6.07, 6.45) is 1.95. The van der Waals surface area contributed by atoms with Gasteiger partial charge in [0.15, 0.2) is 5.78 Å². The molecule has 1 fully saturated rings. The van der Waals surface area contributed by atoms with Crippen LogP contribution < -0.4 is 5.32 Å². The van der Waals surface area contributed by atoms with E-state index in [1.54, 1.807) is 0 Å². The molecule has 0 saturated carbocycles. The first kappa shape index (κ1) is 10.5. The van der Waals surface area contributed by atoms with E-state index in [1.165, 1.54) is 0 Å². The Morgan fingerprint density at radius 3 is 2.76 bits per heavy atom. The van der Waals surface area contributed by atoms with Crippen molar-refractivity contribution < 1.29 is 4.79 Å². The Balaban J connectivity index is 2.07. The summed E-state index contributed by atoms with van der Waals surface area (Å²) in [6.45, 7) is 0.834. The van der Waals surface area contributed by atoms with Gasteiger partial charge in [-0.15, -0.1) is 0 Å². The molecular formula is C15H14NO. The molecule has 0 aliphatic carbocycles. The molecule has 0 bridgehead atoms. The summed E-state index contributed by atoms with van der Waals surface area (Å²) < 4.78 is 0. The fraction of sp³-hybridized carbons (Fsp3) is 0.267. The lowest BCUT2D eigenvalue weighted by Crippen LogP contribution is -2.25. The Labute approximate surface area is 101 Å². The van der Waals surface area contributed by atoms with Gasteiger partial charge in [-0.25, -0.2) is 5.32 Å². The molecule has 2 aromatic carbocycles. The fourth-order valence-corrected chi connectivity index (χ4v) is 2.46. The minimum atomic E-state index is -0.110. The number of Topliss-reactive ketones (excluding diaryl/α,β-unsaturated/α-hetero) is 1. The van der Waals surface area contributed by atoms with Gasteiger partial charge in [0.05, 0.1) is 6.04 Å². The number of ketones is 1. The van der Waals surface area contributed by atoms with Gasteiger partial charge in [0.2, 0.25) is 0 Å². The Bertz CT molecular complexity index is 550. The van der Waals surface area contributed by atoms with Gasteiger partial charge in [-0.05, 0) is 23.6 Å². The second kappa shape index (κ2) is 4.30. The van der Waals surface area contributed by atoms with E-state index in [4.69, 9.17) is 0 Å². The van der Waals surface area contributed by atoms with Crippen LogP contribution in [0.4, 0.5) is 0 Å². The predicted octanol–water partition coefficient (Wildman–Crippen LogP) is 2.79. The Morgan fingerprint density at radius 1 is 1.12 bits per heavy atom. The number of benzene rings is 2. The largest absolute Gasteiger partial charge is 0.292 e. The number of rotatable bonds is 2. The zero-order valence-electron chi connectivity index (χ0n) is 9.60. The van der Waals surface area contributed by atoms with Crippen molar-refractivity contribution in [2.45, 2.75) is 18.9 Å². The molecule has 17 heavy (non-hydrogen) atoms. The number of fused-ring (bicyclic) bond motifs is 1. The number of carbonyl (C=O) groups excluding carboxylic acids is 1. The van der Waals surface area contributed by atoms with Gasteiger partial charge in [-0.3, -0.25) is 4.79 Å². The topological polar surface area (TPSA) is 31.2 Å². The summed E-state index contributed by atoms with van der Waals surface area (Å²) in [4.78, 5) is 12.4. The van der Waals surface area contributed by atoms with E-state index < -0.39 is 0 Å². The van der Waals surface area contributed by atoms with E-state index in [-0.39, 0.29) is 11.8 Å². The molecule has 1 heterocycles. The fourth-order valence-electron chi connectivity index (χ4n) is 2.46. The molecule has 0 aromatic heterocycles. The van der Waals surface area contributed by atoms with Crippen LogP contribution in [0.5, 0.6) is 0 Å². The third-order valence-electron chi connectivity index (χ3n) is 3.34. The molecule has 2 nitrogen and oxygen atoms in total. The molecule has 1 aliphatic rings. The number of carbonyl (C=O) groups is 1. The molecule has 0 spiro atoms. The molecule has 0 N–H and O–H groups in total. The van der Waals surface area contributed by atoms with E-state index in [1.807, 2.05) is 42.5 Å². The van der Waals surface area contributed by atoms with E-state index in [0.717, 1.165) is 35.7 Å². The van der Waals surface area contributed by atoms with E-state index in [2.05, 4.69) is 5.32 Å². The van der Waals surface area contributed by atoms with Gasteiger partial charge in [-0.1, -0.05) is 42.5 Å². The van der Waals surface area contributed by atoms with Crippen LogP contribution in [0.3, 0.4) is 0 Å². The van der Waals surface area contributed by atoms with Crippen LogP contribution in [0.2, 0.25) is 0 Å². The SMILES string of the molecule is O=C(c1cccc2ccccc12)C1CCC[N]1. The van der Waals surface area contributed by atoms with Gasteiger partial charge < -0.3 is 0 Å². The number of hydrogen-bond acceptors (Lipinski definition) is 1. The lowest BCUT2D eigenvalue weighted by atomic mass is 9.97. The highest BCUT2D eigenvalue weighted by Crippen LogP contribution is 2.22. The number of hydrogen-bond donors (Lipinski definition) is 0. The zero-order chi connectivity index (χ0) is 11.7. The second-order valence-corrected chi connectivity index (χ2v) is 4.46. The standard InChI is InChI=1S/C15H14NO/c17-15(14-9-4-10-16-14)13-8-3-6-11-5-1-2-7-12(11)13/h1-3,5-8,14H,4,9-10H2.